The Hall–Kier alpha value is -3.88. The van der Waals surface area contributed by atoms with Crippen molar-refractivity contribution in [2.24, 2.45) is 0 Å². The number of carbonyl (C=O) groups excluding carboxylic acids is 2. The first-order valence-corrected chi connectivity index (χ1v) is 15.0. The predicted octanol–water partition coefficient (Wildman–Crippen LogP) is 5.17. The summed E-state index contributed by atoms with van der Waals surface area (Å²) in [4.78, 5) is 28.7. The standard InChI is InChI=1S/C31H30ClN3O4S/c1-33-31(37)27(20-22-10-3-2-4-11-22)34(21-24-12-5-6-15-25(24)32)29(36)18-9-19-35-26-16-7-13-23-14-8-17-28(30(23)26)40(35,38)39/h2-8,10-17,27H,9,18-21H2,1H3,(H,33,37)/t27-/m0/s1. The molecule has 4 aromatic carbocycles. The van der Waals surface area contributed by atoms with Crippen molar-refractivity contribution in [3.8, 4) is 0 Å². The number of carbonyl (C=O) groups is 2. The lowest BCUT2D eigenvalue weighted by atomic mass is 10.0. The zero-order chi connectivity index (χ0) is 28.3. The highest BCUT2D eigenvalue weighted by atomic mass is 35.5. The Kier molecular flexibility index (Phi) is 8.09. The summed E-state index contributed by atoms with van der Waals surface area (Å²) in [5, 5.41) is 4.77. The number of nitrogens with zero attached hydrogens (tertiary/aromatic N) is 2. The van der Waals surface area contributed by atoms with Crippen molar-refractivity contribution in [2.75, 3.05) is 17.9 Å². The number of anilines is 1. The second kappa shape index (κ2) is 11.7. The lowest BCUT2D eigenvalue weighted by molar-refractivity contribution is -0.141. The average molecular weight is 576 g/mol. The van der Waals surface area contributed by atoms with Gasteiger partial charge in [0.25, 0.3) is 10.0 Å². The van der Waals surface area contributed by atoms with E-state index in [-0.39, 0.29) is 42.6 Å². The Morgan fingerprint density at radius 3 is 2.35 bits per heavy atom. The number of halogens is 1. The summed E-state index contributed by atoms with van der Waals surface area (Å²) in [5.74, 6) is -0.537. The molecule has 9 heteroatoms. The Morgan fingerprint density at radius 2 is 1.62 bits per heavy atom. The van der Waals surface area contributed by atoms with E-state index in [1.54, 1.807) is 36.2 Å². The first-order valence-electron chi connectivity index (χ1n) is 13.1. The number of rotatable bonds is 10. The maximum atomic E-state index is 13.8. The van der Waals surface area contributed by atoms with Gasteiger partial charge in [0, 0.05) is 43.4 Å². The van der Waals surface area contributed by atoms with Gasteiger partial charge in [-0.2, -0.15) is 0 Å². The Morgan fingerprint density at radius 1 is 0.925 bits per heavy atom. The van der Waals surface area contributed by atoms with Crippen LogP contribution in [0, 0.1) is 0 Å². The molecular weight excluding hydrogens is 546 g/mol. The third-order valence-electron chi connectivity index (χ3n) is 7.25. The highest BCUT2D eigenvalue weighted by Gasteiger charge is 2.36. The van der Waals surface area contributed by atoms with Crippen LogP contribution in [0.2, 0.25) is 5.02 Å². The van der Waals surface area contributed by atoms with Crippen molar-refractivity contribution in [3.63, 3.8) is 0 Å². The van der Waals surface area contributed by atoms with E-state index in [0.717, 1.165) is 16.5 Å². The van der Waals surface area contributed by atoms with Crippen LogP contribution in [0.25, 0.3) is 10.8 Å². The molecule has 0 radical (unpaired) electrons. The van der Waals surface area contributed by atoms with Crippen LogP contribution in [-0.4, -0.2) is 44.8 Å². The fraction of sp³-hybridized carbons (Fsp3) is 0.226. The molecule has 4 aromatic rings. The van der Waals surface area contributed by atoms with E-state index >= 15 is 0 Å². The van der Waals surface area contributed by atoms with Crippen LogP contribution in [0.15, 0.2) is 95.9 Å². The Bertz CT molecular complexity index is 1650. The van der Waals surface area contributed by atoms with Gasteiger partial charge in [-0.25, -0.2) is 8.42 Å². The van der Waals surface area contributed by atoms with Gasteiger partial charge in [0.05, 0.1) is 10.6 Å². The largest absolute Gasteiger partial charge is 0.357 e. The summed E-state index contributed by atoms with van der Waals surface area (Å²) in [6.45, 7) is 0.293. The third-order valence-corrected chi connectivity index (χ3v) is 9.47. The minimum atomic E-state index is -3.72. The molecule has 5 rings (SSSR count). The molecule has 0 unspecified atom stereocenters. The van der Waals surface area contributed by atoms with Gasteiger partial charge < -0.3 is 10.2 Å². The van der Waals surface area contributed by atoms with Gasteiger partial charge in [-0.1, -0.05) is 84.4 Å². The van der Waals surface area contributed by atoms with Gasteiger partial charge in [0.15, 0.2) is 0 Å². The molecule has 7 nitrogen and oxygen atoms in total. The van der Waals surface area contributed by atoms with E-state index < -0.39 is 16.1 Å². The van der Waals surface area contributed by atoms with E-state index in [9.17, 15) is 18.0 Å². The SMILES string of the molecule is CNC(=O)[C@H](Cc1ccccc1)N(Cc1ccccc1Cl)C(=O)CCCN1c2cccc3cccc(c23)S1(=O)=O. The Balaban J connectivity index is 1.38. The van der Waals surface area contributed by atoms with E-state index in [2.05, 4.69) is 5.32 Å². The average Bonchev–Trinajstić information content (AvgIpc) is 3.19. The van der Waals surface area contributed by atoms with Crippen LogP contribution in [0.5, 0.6) is 0 Å². The normalized spacial score (nSPS) is 14.2. The number of benzene rings is 4. The lowest BCUT2D eigenvalue weighted by Gasteiger charge is -2.31. The molecule has 0 aliphatic carbocycles. The number of nitrogens with one attached hydrogen (secondary N) is 1. The first-order chi connectivity index (χ1) is 19.3. The fourth-order valence-corrected chi connectivity index (χ4v) is 7.19. The second-order valence-corrected chi connectivity index (χ2v) is 12.0. The maximum absolute atomic E-state index is 13.8. The number of sulfonamides is 1. The van der Waals surface area contributed by atoms with Crippen LogP contribution in [0.3, 0.4) is 0 Å². The number of hydrogen-bond acceptors (Lipinski definition) is 4. The molecule has 0 saturated heterocycles. The summed E-state index contributed by atoms with van der Waals surface area (Å²) >= 11 is 6.44. The minimum absolute atomic E-state index is 0.0606. The Labute approximate surface area is 239 Å². The molecular formula is C31H30ClN3O4S. The number of hydrogen-bond donors (Lipinski definition) is 1. The predicted molar refractivity (Wildman–Crippen MR) is 158 cm³/mol. The van der Waals surface area contributed by atoms with E-state index in [4.69, 9.17) is 11.6 Å². The molecule has 0 spiro atoms. The lowest BCUT2D eigenvalue weighted by Crippen LogP contribution is -2.49. The smallest absolute Gasteiger partial charge is 0.265 e. The molecule has 1 aliphatic heterocycles. The van der Waals surface area contributed by atoms with Crippen molar-refractivity contribution in [2.45, 2.75) is 36.7 Å². The zero-order valence-corrected chi connectivity index (χ0v) is 23.7. The summed E-state index contributed by atoms with van der Waals surface area (Å²) in [5.41, 5.74) is 2.27. The summed E-state index contributed by atoms with van der Waals surface area (Å²) in [7, 11) is -2.17. The highest BCUT2D eigenvalue weighted by molar-refractivity contribution is 7.93. The molecule has 1 atom stereocenters. The van der Waals surface area contributed by atoms with Gasteiger partial charge in [-0.05, 0) is 41.1 Å². The van der Waals surface area contributed by atoms with Crippen molar-refractivity contribution in [3.05, 3.63) is 107 Å². The van der Waals surface area contributed by atoms with Gasteiger partial charge >= 0.3 is 0 Å². The minimum Gasteiger partial charge on any atom is -0.357 e. The van der Waals surface area contributed by atoms with Gasteiger partial charge in [-0.3, -0.25) is 13.9 Å². The summed E-state index contributed by atoms with van der Waals surface area (Å²) in [6.07, 6.45) is 0.673. The molecule has 40 heavy (non-hydrogen) atoms. The second-order valence-electron chi connectivity index (χ2n) is 9.74. The van der Waals surface area contributed by atoms with Crippen molar-refractivity contribution >= 4 is 49.9 Å². The van der Waals surface area contributed by atoms with Crippen molar-refractivity contribution in [1.82, 2.24) is 10.2 Å². The molecule has 1 aliphatic rings. The van der Waals surface area contributed by atoms with Crippen LogP contribution in [0.4, 0.5) is 5.69 Å². The molecule has 0 saturated carbocycles. The molecule has 0 aromatic heterocycles. The van der Waals surface area contributed by atoms with Crippen molar-refractivity contribution < 1.29 is 18.0 Å². The molecule has 1 N–H and O–H groups in total. The fourth-order valence-electron chi connectivity index (χ4n) is 5.25. The highest BCUT2D eigenvalue weighted by Crippen LogP contribution is 2.42. The van der Waals surface area contributed by atoms with Crippen LogP contribution in [-0.2, 0) is 32.6 Å². The van der Waals surface area contributed by atoms with Crippen LogP contribution in [0.1, 0.15) is 24.0 Å². The van der Waals surface area contributed by atoms with Gasteiger partial charge in [0.1, 0.15) is 6.04 Å². The first kappa shape index (κ1) is 27.7. The van der Waals surface area contributed by atoms with E-state index in [1.807, 2.05) is 66.7 Å². The molecule has 0 bridgehead atoms. The number of amides is 2. The van der Waals surface area contributed by atoms with E-state index in [0.29, 0.717) is 22.5 Å². The van der Waals surface area contributed by atoms with Crippen molar-refractivity contribution in [1.29, 1.82) is 0 Å². The van der Waals surface area contributed by atoms with Crippen LogP contribution >= 0.6 is 11.6 Å². The zero-order valence-electron chi connectivity index (χ0n) is 22.1. The molecule has 1 heterocycles. The third kappa shape index (κ3) is 5.42. The van der Waals surface area contributed by atoms with Gasteiger partial charge in [-0.15, -0.1) is 0 Å². The van der Waals surface area contributed by atoms with Gasteiger partial charge in [0.2, 0.25) is 11.8 Å². The molecule has 2 amide bonds. The molecule has 0 fully saturated rings. The molecule has 206 valence electrons. The number of likely N-dealkylation sites (N-methyl/N-ethyl adjacent to an activating group) is 1. The monoisotopic (exact) mass is 575 g/mol. The topological polar surface area (TPSA) is 86.8 Å². The van der Waals surface area contributed by atoms with Crippen LogP contribution < -0.4 is 9.62 Å². The quantitative estimate of drug-likeness (QED) is 0.283. The van der Waals surface area contributed by atoms with E-state index in [1.165, 1.54) is 4.31 Å². The maximum Gasteiger partial charge on any atom is 0.265 e. The summed E-state index contributed by atoms with van der Waals surface area (Å²) in [6, 6.07) is 26.8. The summed E-state index contributed by atoms with van der Waals surface area (Å²) < 4.78 is 28.1.